The zero-order valence-corrected chi connectivity index (χ0v) is 12.5. The normalized spacial score (nSPS) is 29.8. The summed E-state index contributed by atoms with van der Waals surface area (Å²) in [6.45, 7) is 8.19. The van der Waals surface area contributed by atoms with E-state index in [1.165, 1.54) is 25.8 Å². The highest BCUT2D eigenvalue weighted by Crippen LogP contribution is 2.61. The van der Waals surface area contributed by atoms with Gasteiger partial charge in [-0.2, -0.15) is 0 Å². The topological polar surface area (TPSA) is 12.0 Å². The second-order valence-electron chi connectivity index (χ2n) is 6.73. The fourth-order valence-electron chi connectivity index (χ4n) is 4.24. The maximum atomic E-state index is 3.82. The molecule has 3 rings (SSSR count). The molecule has 1 aromatic carbocycles. The fraction of sp³-hybridized carbons (Fsp3) is 0.667. The molecule has 1 saturated carbocycles. The molecule has 1 aromatic rings. The van der Waals surface area contributed by atoms with Crippen molar-refractivity contribution in [1.29, 1.82) is 0 Å². The smallest absolute Gasteiger partial charge is 0.0127 e. The molecule has 0 amide bonds. The van der Waals surface area contributed by atoms with Crippen molar-refractivity contribution >= 4 is 0 Å². The zero-order valence-electron chi connectivity index (χ0n) is 12.5. The van der Waals surface area contributed by atoms with Crippen molar-refractivity contribution in [3.05, 3.63) is 35.4 Å². The summed E-state index contributed by atoms with van der Waals surface area (Å²) in [5.74, 6) is 3.43. The summed E-state index contributed by atoms with van der Waals surface area (Å²) in [5, 5.41) is 3.82. The Bertz CT molecular complexity index is 437. The Morgan fingerprint density at radius 2 is 2.05 bits per heavy atom. The minimum atomic E-state index is 0.709. The van der Waals surface area contributed by atoms with E-state index in [1.54, 1.807) is 11.1 Å². The van der Waals surface area contributed by atoms with E-state index in [9.17, 15) is 0 Å². The van der Waals surface area contributed by atoms with Crippen LogP contribution in [0.4, 0.5) is 0 Å². The molecule has 0 saturated heterocycles. The van der Waals surface area contributed by atoms with Gasteiger partial charge in [-0.25, -0.2) is 0 Å². The van der Waals surface area contributed by atoms with Gasteiger partial charge in [-0.05, 0) is 60.6 Å². The van der Waals surface area contributed by atoms with Crippen molar-refractivity contribution in [2.45, 2.75) is 52.0 Å². The van der Waals surface area contributed by atoms with Crippen LogP contribution >= 0.6 is 0 Å². The van der Waals surface area contributed by atoms with Crippen molar-refractivity contribution in [2.75, 3.05) is 6.54 Å². The van der Waals surface area contributed by atoms with Crippen molar-refractivity contribution in [3.8, 4) is 0 Å². The van der Waals surface area contributed by atoms with Crippen LogP contribution in [0.2, 0.25) is 0 Å². The van der Waals surface area contributed by atoms with Crippen LogP contribution in [-0.4, -0.2) is 12.6 Å². The van der Waals surface area contributed by atoms with Gasteiger partial charge in [0.25, 0.3) is 0 Å². The Labute approximate surface area is 117 Å². The van der Waals surface area contributed by atoms with Gasteiger partial charge in [0.2, 0.25) is 0 Å². The molecular weight excluding hydrogens is 230 g/mol. The summed E-state index contributed by atoms with van der Waals surface area (Å²) >= 11 is 0. The summed E-state index contributed by atoms with van der Waals surface area (Å²) in [6.07, 6.45) is 3.94. The number of fused-ring (bicyclic) bond motifs is 3. The highest BCUT2D eigenvalue weighted by molar-refractivity contribution is 5.40. The van der Waals surface area contributed by atoms with Crippen molar-refractivity contribution in [3.63, 3.8) is 0 Å². The van der Waals surface area contributed by atoms with E-state index in [-0.39, 0.29) is 0 Å². The predicted molar refractivity (Wildman–Crippen MR) is 81.4 cm³/mol. The van der Waals surface area contributed by atoms with Crippen molar-refractivity contribution < 1.29 is 0 Å². The van der Waals surface area contributed by atoms with Crippen LogP contribution in [0.15, 0.2) is 24.3 Å². The summed E-state index contributed by atoms with van der Waals surface area (Å²) in [7, 11) is 0. The van der Waals surface area contributed by atoms with E-state index in [1.807, 2.05) is 0 Å². The van der Waals surface area contributed by atoms with Crippen LogP contribution in [0, 0.1) is 17.8 Å². The van der Waals surface area contributed by atoms with Gasteiger partial charge in [0, 0.05) is 6.04 Å². The summed E-state index contributed by atoms with van der Waals surface area (Å²) in [6, 6.07) is 9.85. The Balaban J connectivity index is 1.78. The second kappa shape index (κ2) is 5.28. The molecule has 0 aliphatic heterocycles. The molecule has 1 nitrogen and oxygen atoms in total. The Kier molecular flexibility index (Phi) is 3.66. The highest BCUT2D eigenvalue weighted by Gasteiger charge is 2.56. The fourth-order valence-corrected chi connectivity index (χ4v) is 4.24. The summed E-state index contributed by atoms with van der Waals surface area (Å²) in [5.41, 5.74) is 3.27. The first-order valence-electron chi connectivity index (χ1n) is 8.05. The molecule has 4 unspecified atom stereocenters. The molecule has 2 aliphatic carbocycles. The van der Waals surface area contributed by atoms with Crippen molar-refractivity contribution in [2.24, 2.45) is 17.8 Å². The molecular formula is C18H27N. The molecule has 0 heterocycles. The van der Waals surface area contributed by atoms with Crippen molar-refractivity contribution in [1.82, 2.24) is 5.32 Å². The first-order chi connectivity index (χ1) is 9.24. The van der Waals surface area contributed by atoms with E-state index in [4.69, 9.17) is 0 Å². The average Bonchev–Trinajstić information content (AvgIpc) is 3.14. The minimum Gasteiger partial charge on any atom is -0.313 e. The summed E-state index contributed by atoms with van der Waals surface area (Å²) < 4.78 is 0. The lowest BCUT2D eigenvalue weighted by Crippen LogP contribution is -2.37. The number of rotatable bonds is 5. The van der Waals surface area contributed by atoms with Crippen LogP contribution < -0.4 is 5.32 Å². The van der Waals surface area contributed by atoms with Gasteiger partial charge in [-0.1, -0.05) is 45.0 Å². The van der Waals surface area contributed by atoms with Gasteiger partial charge in [0.15, 0.2) is 0 Å². The summed E-state index contributed by atoms with van der Waals surface area (Å²) in [4.78, 5) is 0. The number of benzene rings is 1. The maximum absolute atomic E-state index is 3.82. The molecule has 2 aliphatic rings. The predicted octanol–water partition coefficient (Wildman–Crippen LogP) is 3.99. The molecule has 19 heavy (non-hydrogen) atoms. The van der Waals surface area contributed by atoms with Crippen LogP contribution in [0.5, 0.6) is 0 Å². The third kappa shape index (κ3) is 2.33. The molecule has 0 spiro atoms. The quantitative estimate of drug-likeness (QED) is 0.841. The number of hydrogen-bond acceptors (Lipinski definition) is 1. The maximum Gasteiger partial charge on any atom is 0.0127 e. The number of nitrogens with one attached hydrogen (secondary N) is 1. The largest absolute Gasteiger partial charge is 0.313 e. The molecule has 0 bridgehead atoms. The third-order valence-corrected chi connectivity index (χ3v) is 5.15. The molecule has 1 fully saturated rings. The molecule has 104 valence electrons. The van der Waals surface area contributed by atoms with Gasteiger partial charge >= 0.3 is 0 Å². The average molecular weight is 257 g/mol. The molecule has 1 heteroatoms. The van der Waals surface area contributed by atoms with E-state index >= 15 is 0 Å². The highest BCUT2D eigenvalue weighted by atomic mass is 14.9. The van der Waals surface area contributed by atoms with Gasteiger partial charge in [0.05, 0.1) is 0 Å². The first kappa shape index (κ1) is 13.2. The second-order valence-corrected chi connectivity index (χ2v) is 6.73. The zero-order chi connectivity index (χ0) is 13.4. The molecule has 4 atom stereocenters. The van der Waals surface area contributed by atoms with Crippen LogP contribution in [-0.2, 0) is 6.42 Å². The monoisotopic (exact) mass is 257 g/mol. The third-order valence-electron chi connectivity index (χ3n) is 5.15. The van der Waals surface area contributed by atoms with E-state index in [2.05, 4.69) is 50.4 Å². The molecule has 0 aromatic heterocycles. The van der Waals surface area contributed by atoms with Gasteiger partial charge < -0.3 is 5.32 Å². The molecule has 1 N–H and O–H groups in total. The number of hydrogen-bond donors (Lipinski definition) is 1. The van der Waals surface area contributed by atoms with Gasteiger partial charge in [-0.3, -0.25) is 0 Å². The Morgan fingerprint density at radius 3 is 2.79 bits per heavy atom. The van der Waals surface area contributed by atoms with E-state index < -0.39 is 0 Å². The Morgan fingerprint density at radius 1 is 1.26 bits per heavy atom. The lowest BCUT2D eigenvalue weighted by atomic mass is 9.92. The van der Waals surface area contributed by atoms with Crippen LogP contribution in [0.3, 0.4) is 0 Å². The van der Waals surface area contributed by atoms with Crippen LogP contribution in [0.25, 0.3) is 0 Å². The van der Waals surface area contributed by atoms with Gasteiger partial charge in [0.1, 0.15) is 0 Å². The Hall–Kier alpha value is -0.820. The van der Waals surface area contributed by atoms with E-state index in [0.717, 1.165) is 23.7 Å². The lowest BCUT2D eigenvalue weighted by molar-refractivity contribution is 0.343. The van der Waals surface area contributed by atoms with Crippen LogP contribution in [0.1, 0.15) is 50.7 Å². The SMILES string of the molecule is CCCNC(C(C)C)C1C2CCc3ccccc3C21. The molecule has 0 radical (unpaired) electrons. The number of aryl methyl sites for hydroxylation is 1. The van der Waals surface area contributed by atoms with E-state index in [0.29, 0.717) is 6.04 Å². The minimum absolute atomic E-state index is 0.709. The lowest BCUT2D eigenvalue weighted by Gasteiger charge is -2.23. The van der Waals surface area contributed by atoms with Gasteiger partial charge in [-0.15, -0.1) is 0 Å². The standard InChI is InChI=1S/C18H27N/c1-4-11-19-18(12(2)3)17-15-10-9-13-7-5-6-8-14(13)16(15)17/h5-8,12,15-19H,4,9-11H2,1-3H3. The first-order valence-corrected chi connectivity index (χ1v) is 8.05.